The van der Waals surface area contributed by atoms with Crippen LogP contribution in [0.15, 0.2) is 30.3 Å². The number of nitrogens with zero attached hydrogens (tertiary/aromatic N) is 1. The molecule has 0 aliphatic carbocycles. The fourth-order valence-electron chi connectivity index (χ4n) is 3.53. The Labute approximate surface area is 127 Å². The lowest BCUT2D eigenvalue weighted by molar-refractivity contribution is 0.339. The highest BCUT2D eigenvalue weighted by atomic mass is 32.2. The molecule has 0 radical (unpaired) electrons. The molecule has 1 N–H and O–H groups in total. The number of nitrogens with one attached hydrogen (secondary N) is 1. The maximum absolute atomic E-state index is 12.7. The summed E-state index contributed by atoms with van der Waals surface area (Å²) in [6.45, 7) is 4.36. The highest BCUT2D eigenvalue weighted by Crippen LogP contribution is 2.28. The van der Waals surface area contributed by atoms with Gasteiger partial charge in [-0.1, -0.05) is 37.3 Å². The van der Waals surface area contributed by atoms with E-state index in [1.54, 1.807) is 4.31 Å². The molecule has 3 atom stereocenters. The molecule has 3 unspecified atom stereocenters. The van der Waals surface area contributed by atoms with Gasteiger partial charge in [0.15, 0.2) is 0 Å². The fraction of sp³-hybridized carbons (Fsp3) is 0.625. The number of fused-ring (bicyclic) bond motifs is 1. The van der Waals surface area contributed by atoms with Gasteiger partial charge in [-0.25, -0.2) is 12.7 Å². The van der Waals surface area contributed by atoms with Crippen molar-refractivity contribution in [2.75, 3.05) is 25.4 Å². The van der Waals surface area contributed by atoms with Crippen molar-refractivity contribution in [1.82, 2.24) is 9.62 Å². The maximum atomic E-state index is 12.7. The zero-order valence-electron chi connectivity index (χ0n) is 12.5. The van der Waals surface area contributed by atoms with Crippen LogP contribution >= 0.6 is 0 Å². The van der Waals surface area contributed by atoms with Crippen molar-refractivity contribution in [1.29, 1.82) is 0 Å². The van der Waals surface area contributed by atoms with Gasteiger partial charge in [0.2, 0.25) is 10.0 Å². The Morgan fingerprint density at radius 3 is 2.76 bits per heavy atom. The van der Waals surface area contributed by atoms with E-state index >= 15 is 0 Å². The molecule has 0 saturated carbocycles. The quantitative estimate of drug-likeness (QED) is 0.923. The summed E-state index contributed by atoms with van der Waals surface area (Å²) in [4.78, 5) is 0. The number of benzene rings is 1. The minimum Gasteiger partial charge on any atom is -0.312 e. The first-order valence-electron chi connectivity index (χ1n) is 7.82. The second-order valence-electron chi connectivity index (χ2n) is 6.37. The van der Waals surface area contributed by atoms with Crippen LogP contribution in [0.3, 0.4) is 0 Å². The van der Waals surface area contributed by atoms with Crippen LogP contribution < -0.4 is 5.32 Å². The standard InChI is InChI=1S/C16H24N2O2S/c1-13(14-6-3-2-4-7-14)12-21(19,20)18-10-15-8-5-9-17-16(15)11-18/h2-4,6-7,13,15-17H,5,8-12H2,1H3. The molecule has 0 aromatic heterocycles. The summed E-state index contributed by atoms with van der Waals surface area (Å²) in [5, 5.41) is 3.46. The summed E-state index contributed by atoms with van der Waals surface area (Å²) >= 11 is 0. The Bertz CT molecular complexity index is 559. The largest absolute Gasteiger partial charge is 0.312 e. The molecule has 2 fully saturated rings. The third kappa shape index (κ3) is 3.30. The normalized spacial score (nSPS) is 28.2. The van der Waals surface area contributed by atoms with Crippen molar-refractivity contribution in [3.63, 3.8) is 0 Å². The number of hydrogen-bond donors (Lipinski definition) is 1. The molecule has 2 saturated heterocycles. The second-order valence-corrected chi connectivity index (χ2v) is 8.38. The summed E-state index contributed by atoms with van der Waals surface area (Å²) in [5.41, 5.74) is 1.09. The molecule has 2 aliphatic rings. The molecule has 0 bridgehead atoms. The van der Waals surface area contributed by atoms with Crippen molar-refractivity contribution < 1.29 is 8.42 Å². The number of hydrogen-bond acceptors (Lipinski definition) is 3. The third-order valence-corrected chi connectivity index (χ3v) is 6.79. The molecule has 0 spiro atoms. The van der Waals surface area contributed by atoms with E-state index in [1.807, 2.05) is 37.3 Å². The molecule has 2 aliphatic heterocycles. The minimum atomic E-state index is -3.17. The maximum Gasteiger partial charge on any atom is 0.214 e. The van der Waals surface area contributed by atoms with Crippen LogP contribution in [0.25, 0.3) is 0 Å². The summed E-state index contributed by atoms with van der Waals surface area (Å²) in [5.74, 6) is 0.739. The average molecular weight is 308 g/mol. The first-order chi connectivity index (χ1) is 10.1. The predicted molar refractivity (Wildman–Crippen MR) is 84.7 cm³/mol. The van der Waals surface area contributed by atoms with E-state index in [2.05, 4.69) is 5.32 Å². The topological polar surface area (TPSA) is 49.4 Å². The lowest BCUT2D eigenvalue weighted by Gasteiger charge is -2.24. The van der Waals surface area contributed by atoms with E-state index in [9.17, 15) is 8.42 Å². The van der Waals surface area contributed by atoms with Crippen LogP contribution in [0.1, 0.15) is 31.2 Å². The van der Waals surface area contributed by atoms with E-state index in [0.29, 0.717) is 25.0 Å². The van der Waals surface area contributed by atoms with Gasteiger partial charge in [-0.05, 0) is 36.8 Å². The molecule has 1 aromatic rings. The summed E-state index contributed by atoms with van der Waals surface area (Å²) in [6, 6.07) is 10.3. The second kappa shape index (κ2) is 6.07. The van der Waals surface area contributed by atoms with E-state index in [-0.39, 0.29) is 11.7 Å². The molecule has 21 heavy (non-hydrogen) atoms. The number of piperidine rings is 1. The van der Waals surface area contributed by atoms with Crippen LogP contribution in [0.2, 0.25) is 0 Å². The zero-order chi connectivity index (χ0) is 14.9. The van der Waals surface area contributed by atoms with Crippen molar-refractivity contribution in [3.8, 4) is 0 Å². The Balaban J connectivity index is 1.67. The average Bonchev–Trinajstić information content (AvgIpc) is 2.92. The molecule has 3 rings (SSSR count). The Kier molecular flexibility index (Phi) is 4.33. The van der Waals surface area contributed by atoms with Gasteiger partial charge in [-0.3, -0.25) is 0 Å². The smallest absolute Gasteiger partial charge is 0.214 e. The van der Waals surface area contributed by atoms with Gasteiger partial charge in [-0.15, -0.1) is 0 Å². The molecule has 2 heterocycles. The molecule has 1 aromatic carbocycles. The Morgan fingerprint density at radius 2 is 2.05 bits per heavy atom. The highest BCUT2D eigenvalue weighted by Gasteiger charge is 2.39. The van der Waals surface area contributed by atoms with Gasteiger partial charge < -0.3 is 5.32 Å². The Hall–Kier alpha value is -0.910. The first-order valence-corrected chi connectivity index (χ1v) is 9.43. The van der Waals surface area contributed by atoms with Crippen LogP contribution in [0, 0.1) is 5.92 Å². The van der Waals surface area contributed by atoms with Gasteiger partial charge >= 0.3 is 0 Å². The number of sulfonamides is 1. The van der Waals surface area contributed by atoms with Gasteiger partial charge in [0, 0.05) is 19.1 Å². The van der Waals surface area contributed by atoms with Crippen molar-refractivity contribution in [2.24, 2.45) is 5.92 Å². The SMILES string of the molecule is CC(CS(=O)(=O)N1CC2CCCNC2C1)c1ccccc1. The molecule has 116 valence electrons. The zero-order valence-corrected chi connectivity index (χ0v) is 13.3. The minimum absolute atomic E-state index is 0.0341. The van der Waals surface area contributed by atoms with Crippen LogP contribution in [-0.2, 0) is 10.0 Å². The molecule has 5 heteroatoms. The molecular formula is C16H24N2O2S. The number of rotatable bonds is 4. The van der Waals surface area contributed by atoms with Crippen molar-refractivity contribution >= 4 is 10.0 Å². The van der Waals surface area contributed by atoms with Crippen molar-refractivity contribution in [3.05, 3.63) is 35.9 Å². The first kappa shape index (κ1) is 15.0. The summed E-state index contributed by atoms with van der Waals surface area (Å²) < 4.78 is 27.0. The lowest BCUT2D eigenvalue weighted by atomic mass is 9.94. The van der Waals surface area contributed by atoms with Crippen LogP contribution in [0.5, 0.6) is 0 Å². The van der Waals surface area contributed by atoms with E-state index < -0.39 is 10.0 Å². The van der Waals surface area contributed by atoms with Gasteiger partial charge in [-0.2, -0.15) is 0 Å². The van der Waals surface area contributed by atoms with E-state index in [4.69, 9.17) is 0 Å². The Morgan fingerprint density at radius 1 is 1.29 bits per heavy atom. The summed E-state index contributed by atoms with van der Waals surface area (Å²) in [6.07, 6.45) is 2.31. The van der Waals surface area contributed by atoms with Gasteiger partial charge in [0.1, 0.15) is 0 Å². The molecular weight excluding hydrogens is 284 g/mol. The monoisotopic (exact) mass is 308 g/mol. The fourth-order valence-corrected chi connectivity index (χ4v) is 5.37. The van der Waals surface area contributed by atoms with Crippen molar-refractivity contribution in [2.45, 2.75) is 31.7 Å². The lowest BCUT2D eigenvalue weighted by Crippen LogP contribution is -2.41. The van der Waals surface area contributed by atoms with E-state index in [0.717, 1.165) is 24.9 Å². The van der Waals surface area contributed by atoms with Gasteiger partial charge in [0.05, 0.1) is 5.75 Å². The summed E-state index contributed by atoms with van der Waals surface area (Å²) in [7, 11) is -3.17. The van der Waals surface area contributed by atoms with Gasteiger partial charge in [0.25, 0.3) is 0 Å². The van der Waals surface area contributed by atoms with E-state index in [1.165, 1.54) is 0 Å². The molecule has 0 amide bonds. The highest BCUT2D eigenvalue weighted by molar-refractivity contribution is 7.89. The van der Waals surface area contributed by atoms with Crippen LogP contribution in [0.4, 0.5) is 0 Å². The third-order valence-electron chi connectivity index (χ3n) is 4.79. The van der Waals surface area contributed by atoms with Crippen LogP contribution in [-0.4, -0.2) is 44.2 Å². The predicted octanol–water partition coefficient (Wildman–Crippen LogP) is 1.80. The molecule has 4 nitrogen and oxygen atoms in total.